The standard InChI is InChI=1S/C14H26N2O5S/c1-3-8-16(9-14(18)19)13(17)10-22(20,21)15-12-6-4-11(2)5-7-12/h11-12,15H,3-10H2,1-2H3,(H,18,19). The summed E-state index contributed by atoms with van der Waals surface area (Å²) in [5.74, 6) is -1.89. The molecular formula is C14H26N2O5S. The van der Waals surface area contributed by atoms with E-state index in [0.717, 1.165) is 30.6 Å². The summed E-state index contributed by atoms with van der Waals surface area (Å²) in [5.41, 5.74) is 0. The Labute approximate surface area is 132 Å². The number of carboxylic acids is 1. The van der Waals surface area contributed by atoms with Gasteiger partial charge in [0.2, 0.25) is 15.9 Å². The van der Waals surface area contributed by atoms with Gasteiger partial charge in [0, 0.05) is 12.6 Å². The Bertz CT molecular complexity index is 483. The SMILES string of the molecule is CCCN(CC(=O)O)C(=O)CS(=O)(=O)NC1CCC(C)CC1. The molecule has 0 aromatic carbocycles. The number of carboxylic acid groups (broad SMARTS) is 1. The highest BCUT2D eigenvalue weighted by Crippen LogP contribution is 2.23. The molecule has 0 atom stereocenters. The van der Waals surface area contributed by atoms with E-state index in [0.29, 0.717) is 12.3 Å². The van der Waals surface area contributed by atoms with Gasteiger partial charge in [-0.15, -0.1) is 0 Å². The number of aliphatic carboxylic acids is 1. The third kappa shape index (κ3) is 6.74. The molecule has 1 aliphatic carbocycles. The smallest absolute Gasteiger partial charge is 0.323 e. The predicted octanol–water partition coefficient (Wildman–Crippen LogP) is 0.808. The zero-order valence-electron chi connectivity index (χ0n) is 13.2. The van der Waals surface area contributed by atoms with Gasteiger partial charge >= 0.3 is 5.97 Å². The first-order chi connectivity index (χ1) is 10.2. The maximum Gasteiger partial charge on any atom is 0.323 e. The first-order valence-electron chi connectivity index (χ1n) is 7.73. The van der Waals surface area contributed by atoms with Crippen molar-refractivity contribution in [1.29, 1.82) is 0 Å². The van der Waals surface area contributed by atoms with Crippen LogP contribution in [0.3, 0.4) is 0 Å². The topological polar surface area (TPSA) is 104 Å². The molecule has 22 heavy (non-hydrogen) atoms. The van der Waals surface area contributed by atoms with Crippen LogP contribution < -0.4 is 4.72 Å². The number of rotatable bonds is 8. The molecule has 1 saturated carbocycles. The van der Waals surface area contributed by atoms with Crippen LogP contribution in [0.25, 0.3) is 0 Å². The molecular weight excluding hydrogens is 308 g/mol. The van der Waals surface area contributed by atoms with E-state index in [9.17, 15) is 18.0 Å². The highest BCUT2D eigenvalue weighted by atomic mass is 32.2. The number of amides is 1. The Morgan fingerprint density at radius 3 is 2.32 bits per heavy atom. The number of hydrogen-bond donors (Lipinski definition) is 2. The van der Waals surface area contributed by atoms with E-state index in [-0.39, 0.29) is 12.6 Å². The van der Waals surface area contributed by atoms with Crippen molar-refractivity contribution < 1.29 is 23.1 Å². The first kappa shape index (κ1) is 18.9. The van der Waals surface area contributed by atoms with Gasteiger partial charge in [0.15, 0.2) is 0 Å². The Morgan fingerprint density at radius 2 is 1.82 bits per heavy atom. The second-order valence-corrected chi connectivity index (χ2v) is 7.80. The molecule has 1 fully saturated rings. The maximum absolute atomic E-state index is 12.1. The van der Waals surface area contributed by atoms with Crippen molar-refractivity contribution in [2.24, 2.45) is 5.92 Å². The zero-order chi connectivity index (χ0) is 16.8. The highest BCUT2D eigenvalue weighted by molar-refractivity contribution is 7.90. The fourth-order valence-corrected chi connectivity index (χ4v) is 3.99. The average molecular weight is 334 g/mol. The second kappa shape index (κ2) is 8.47. The van der Waals surface area contributed by atoms with Gasteiger partial charge in [0.25, 0.3) is 0 Å². The molecule has 0 unspecified atom stereocenters. The van der Waals surface area contributed by atoms with Gasteiger partial charge in [-0.2, -0.15) is 0 Å². The van der Waals surface area contributed by atoms with Crippen LogP contribution in [0.1, 0.15) is 46.0 Å². The summed E-state index contributed by atoms with van der Waals surface area (Å²) in [7, 11) is -3.73. The van der Waals surface area contributed by atoms with Gasteiger partial charge in [-0.3, -0.25) is 9.59 Å². The lowest BCUT2D eigenvalue weighted by atomic mass is 9.88. The Balaban J connectivity index is 2.57. The quantitative estimate of drug-likeness (QED) is 0.683. The summed E-state index contributed by atoms with van der Waals surface area (Å²) < 4.78 is 26.7. The Morgan fingerprint density at radius 1 is 1.23 bits per heavy atom. The largest absolute Gasteiger partial charge is 0.480 e. The van der Waals surface area contributed by atoms with Crippen LogP contribution in [0.2, 0.25) is 0 Å². The van der Waals surface area contributed by atoms with Crippen molar-refractivity contribution in [1.82, 2.24) is 9.62 Å². The van der Waals surface area contributed by atoms with E-state index in [2.05, 4.69) is 11.6 Å². The van der Waals surface area contributed by atoms with Gasteiger partial charge in [-0.1, -0.05) is 13.8 Å². The van der Waals surface area contributed by atoms with Crippen LogP contribution in [-0.2, 0) is 19.6 Å². The van der Waals surface area contributed by atoms with E-state index >= 15 is 0 Å². The van der Waals surface area contributed by atoms with Crippen LogP contribution in [0.5, 0.6) is 0 Å². The molecule has 1 rings (SSSR count). The zero-order valence-corrected chi connectivity index (χ0v) is 14.1. The molecule has 0 aromatic heterocycles. The minimum absolute atomic E-state index is 0.118. The monoisotopic (exact) mass is 334 g/mol. The molecule has 0 aromatic rings. The first-order valence-corrected chi connectivity index (χ1v) is 9.38. The van der Waals surface area contributed by atoms with Crippen LogP contribution in [0.4, 0.5) is 0 Å². The summed E-state index contributed by atoms with van der Waals surface area (Å²) in [6, 6.07) is -0.118. The van der Waals surface area contributed by atoms with E-state index in [1.165, 1.54) is 0 Å². The summed E-state index contributed by atoms with van der Waals surface area (Å²) in [5, 5.41) is 8.78. The third-order valence-electron chi connectivity index (χ3n) is 3.85. The summed E-state index contributed by atoms with van der Waals surface area (Å²) >= 11 is 0. The molecule has 8 heteroatoms. The second-order valence-electron chi connectivity index (χ2n) is 6.04. The molecule has 0 bridgehead atoms. The Hall–Kier alpha value is -1.15. The Kier molecular flexibility index (Phi) is 7.28. The number of sulfonamides is 1. The number of carbonyl (C=O) groups excluding carboxylic acids is 1. The molecule has 0 radical (unpaired) electrons. The fourth-order valence-electron chi connectivity index (χ4n) is 2.65. The predicted molar refractivity (Wildman–Crippen MR) is 82.8 cm³/mol. The highest BCUT2D eigenvalue weighted by Gasteiger charge is 2.27. The third-order valence-corrected chi connectivity index (χ3v) is 5.17. The maximum atomic E-state index is 12.1. The number of carbonyl (C=O) groups is 2. The normalized spacial score (nSPS) is 22.3. The molecule has 1 aliphatic rings. The van der Waals surface area contributed by atoms with E-state index in [1.54, 1.807) is 6.92 Å². The number of hydrogen-bond acceptors (Lipinski definition) is 4. The van der Waals surface area contributed by atoms with Gasteiger partial charge in [-0.05, 0) is 38.0 Å². The van der Waals surface area contributed by atoms with Crippen LogP contribution in [0, 0.1) is 5.92 Å². The van der Waals surface area contributed by atoms with Crippen LogP contribution in [-0.4, -0.2) is 55.2 Å². The molecule has 0 spiro atoms. The molecule has 0 saturated heterocycles. The number of nitrogens with zero attached hydrogens (tertiary/aromatic N) is 1. The summed E-state index contributed by atoms with van der Waals surface area (Å²) in [4.78, 5) is 23.8. The van der Waals surface area contributed by atoms with Crippen molar-refractivity contribution in [2.45, 2.75) is 52.0 Å². The molecule has 1 amide bonds. The van der Waals surface area contributed by atoms with Gasteiger partial charge in [-0.25, -0.2) is 13.1 Å². The molecule has 7 nitrogen and oxygen atoms in total. The van der Waals surface area contributed by atoms with Crippen LogP contribution >= 0.6 is 0 Å². The van der Waals surface area contributed by atoms with Gasteiger partial charge in [0.1, 0.15) is 12.3 Å². The van der Waals surface area contributed by atoms with E-state index < -0.39 is 34.2 Å². The summed E-state index contributed by atoms with van der Waals surface area (Å²) in [6.45, 7) is 3.71. The van der Waals surface area contributed by atoms with Crippen molar-refractivity contribution in [3.05, 3.63) is 0 Å². The fraction of sp³-hybridized carbons (Fsp3) is 0.857. The minimum Gasteiger partial charge on any atom is -0.480 e. The molecule has 128 valence electrons. The van der Waals surface area contributed by atoms with Gasteiger partial charge < -0.3 is 10.0 Å². The summed E-state index contributed by atoms with van der Waals surface area (Å²) in [6.07, 6.45) is 4.09. The average Bonchev–Trinajstić information content (AvgIpc) is 2.39. The van der Waals surface area contributed by atoms with Gasteiger partial charge in [0.05, 0.1) is 0 Å². The lowest BCUT2D eigenvalue weighted by Crippen LogP contribution is -2.45. The molecule has 0 aliphatic heterocycles. The van der Waals surface area contributed by atoms with Crippen LogP contribution in [0.15, 0.2) is 0 Å². The van der Waals surface area contributed by atoms with E-state index in [4.69, 9.17) is 5.11 Å². The van der Waals surface area contributed by atoms with Crippen molar-refractivity contribution in [3.8, 4) is 0 Å². The van der Waals surface area contributed by atoms with E-state index in [1.807, 2.05) is 0 Å². The van der Waals surface area contributed by atoms with Crippen molar-refractivity contribution in [3.63, 3.8) is 0 Å². The minimum atomic E-state index is -3.73. The molecule has 2 N–H and O–H groups in total. The van der Waals surface area contributed by atoms with Crippen molar-refractivity contribution >= 4 is 21.9 Å². The lowest BCUT2D eigenvalue weighted by molar-refractivity contribution is -0.143. The van der Waals surface area contributed by atoms with Crippen molar-refractivity contribution in [2.75, 3.05) is 18.8 Å². The lowest BCUT2D eigenvalue weighted by Gasteiger charge is -2.27. The number of nitrogens with one attached hydrogen (secondary N) is 1. The molecule has 0 heterocycles.